The SMILES string of the molecule is Cc1ccsc1CNC(=O)C1(c2ccc(Cl)cc2Cl)CCOCC1. The smallest absolute Gasteiger partial charge is 0.231 e. The lowest BCUT2D eigenvalue weighted by Crippen LogP contribution is -2.48. The van der Waals surface area contributed by atoms with Crippen LogP contribution >= 0.6 is 34.5 Å². The third-order valence-corrected chi connectivity index (χ3v) is 6.18. The highest BCUT2D eigenvalue weighted by Gasteiger charge is 2.43. The van der Waals surface area contributed by atoms with Gasteiger partial charge in [0.1, 0.15) is 0 Å². The molecular formula is C18H19Cl2NO2S. The minimum atomic E-state index is -0.662. The molecule has 3 rings (SSSR count). The summed E-state index contributed by atoms with van der Waals surface area (Å²) in [5.74, 6) is 0.00261. The molecule has 2 heterocycles. The van der Waals surface area contributed by atoms with Gasteiger partial charge in [0.25, 0.3) is 0 Å². The van der Waals surface area contributed by atoms with Crippen LogP contribution in [0, 0.1) is 6.92 Å². The molecule has 1 fully saturated rings. The molecule has 1 amide bonds. The Morgan fingerprint density at radius 2 is 2.04 bits per heavy atom. The molecule has 1 aliphatic rings. The molecule has 6 heteroatoms. The number of amides is 1. The number of hydrogen-bond acceptors (Lipinski definition) is 3. The molecule has 3 nitrogen and oxygen atoms in total. The predicted molar refractivity (Wildman–Crippen MR) is 99.1 cm³/mol. The van der Waals surface area contributed by atoms with Crippen LogP contribution in [0.2, 0.25) is 10.0 Å². The van der Waals surface area contributed by atoms with Crippen LogP contribution in [0.1, 0.15) is 28.8 Å². The van der Waals surface area contributed by atoms with Crippen LogP contribution in [0.25, 0.3) is 0 Å². The van der Waals surface area contributed by atoms with E-state index in [-0.39, 0.29) is 5.91 Å². The lowest BCUT2D eigenvalue weighted by Gasteiger charge is -2.36. The third kappa shape index (κ3) is 3.47. The number of nitrogens with one attached hydrogen (secondary N) is 1. The van der Waals surface area contributed by atoms with E-state index in [9.17, 15) is 4.79 Å². The van der Waals surface area contributed by atoms with Gasteiger partial charge in [-0.25, -0.2) is 0 Å². The van der Waals surface area contributed by atoms with Gasteiger partial charge in [0.2, 0.25) is 5.91 Å². The van der Waals surface area contributed by atoms with Crippen molar-refractivity contribution in [3.05, 3.63) is 55.7 Å². The monoisotopic (exact) mass is 383 g/mol. The van der Waals surface area contributed by atoms with Crippen molar-refractivity contribution in [3.63, 3.8) is 0 Å². The van der Waals surface area contributed by atoms with Gasteiger partial charge in [0, 0.05) is 28.1 Å². The topological polar surface area (TPSA) is 38.3 Å². The average molecular weight is 384 g/mol. The van der Waals surface area contributed by atoms with E-state index in [1.165, 1.54) is 10.4 Å². The number of benzene rings is 1. The first kappa shape index (κ1) is 17.7. The summed E-state index contributed by atoms with van der Waals surface area (Å²) in [6.07, 6.45) is 1.23. The molecule has 0 bridgehead atoms. The Labute approximate surface area is 155 Å². The fraction of sp³-hybridized carbons (Fsp3) is 0.389. The van der Waals surface area contributed by atoms with E-state index in [0.29, 0.717) is 42.6 Å². The Hall–Kier alpha value is -1.07. The number of carbonyl (C=O) groups excluding carboxylic acids is 1. The summed E-state index contributed by atoms with van der Waals surface area (Å²) in [4.78, 5) is 14.3. The van der Waals surface area contributed by atoms with E-state index in [2.05, 4.69) is 18.3 Å². The second-order valence-corrected chi connectivity index (χ2v) is 7.87. The molecule has 2 aromatic rings. The summed E-state index contributed by atoms with van der Waals surface area (Å²) in [5.41, 5.74) is 1.37. The Balaban J connectivity index is 1.87. The summed E-state index contributed by atoms with van der Waals surface area (Å²) < 4.78 is 5.48. The fourth-order valence-corrected chi connectivity index (χ4v) is 4.57. The highest BCUT2D eigenvalue weighted by Crippen LogP contribution is 2.40. The molecular weight excluding hydrogens is 365 g/mol. The number of thiophene rings is 1. The summed E-state index contributed by atoms with van der Waals surface area (Å²) in [7, 11) is 0. The second kappa shape index (κ2) is 7.44. The number of halogens is 2. The molecule has 1 saturated heterocycles. The van der Waals surface area contributed by atoms with E-state index >= 15 is 0 Å². The van der Waals surface area contributed by atoms with Crippen LogP contribution in [0.3, 0.4) is 0 Å². The molecule has 0 unspecified atom stereocenters. The molecule has 24 heavy (non-hydrogen) atoms. The Kier molecular flexibility index (Phi) is 5.50. The van der Waals surface area contributed by atoms with E-state index in [4.69, 9.17) is 27.9 Å². The van der Waals surface area contributed by atoms with Crippen LogP contribution in [0.4, 0.5) is 0 Å². The predicted octanol–water partition coefficient (Wildman–Crippen LogP) is 4.73. The van der Waals surface area contributed by atoms with E-state index in [0.717, 1.165) is 5.56 Å². The minimum absolute atomic E-state index is 0.00261. The number of hydrogen-bond donors (Lipinski definition) is 1. The number of aryl methyl sites for hydroxylation is 1. The summed E-state index contributed by atoms with van der Waals surface area (Å²) in [6, 6.07) is 7.42. The van der Waals surface area contributed by atoms with Crippen molar-refractivity contribution in [1.29, 1.82) is 0 Å². The van der Waals surface area contributed by atoms with Crippen LogP contribution in [0.15, 0.2) is 29.6 Å². The van der Waals surface area contributed by atoms with Gasteiger partial charge in [-0.15, -0.1) is 11.3 Å². The maximum Gasteiger partial charge on any atom is 0.231 e. The molecule has 128 valence electrons. The minimum Gasteiger partial charge on any atom is -0.381 e. The number of carbonyl (C=O) groups is 1. The highest BCUT2D eigenvalue weighted by atomic mass is 35.5. The van der Waals surface area contributed by atoms with E-state index in [1.807, 2.05) is 11.4 Å². The van der Waals surface area contributed by atoms with Crippen molar-refractivity contribution < 1.29 is 9.53 Å². The largest absolute Gasteiger partial charge is 0.381 e. The van der Waals surface area contributed by atoms with Crippen molar-refractivity contribution in [2.24, 2.45) is 0 Å². The van der Waals surface area contributed by atoms with Gasteiger partial charge in [0.05, 0.1) is 12.0 Å². The van der Waals surface area contributed by atoms with Crippen molar-refractivity contribution in [3.8, 4) is 0 Å². The van der Waals surface area contributed by atoms with Crippen molar-refractivity contribution in [1.82, 2.24) is 5.32 Å². The standard InChI is InChI=1S/C18H19Cl2NO2S/c1-12-4-9-24-16(12)11-21-17(22)18(5-7-23-8-6-18)14-3-2-13(19)10-15(14)20/h2-4,9-10H,5-8,11H2,1H3,(H,21,22). The zero-order valence-electron chi connectivity index (χ0n) is 13.4. The van der Waals surface area contributed by atoms with Crippen LogP contribution in [-0.2, 0) is 21.5 Å². The highest BCUT2D eigenvalue weighted by molar-refractivity contribution is 7.10. The van der Waals surface area contributed by atoms with Crippen LogP contribution < -0.4 is 5.32 Å². The molecule has 1 aliphatic heterocycles. The van der Waals surface area contributed by atoms with Gasteiger partial charge in [0.15, 0.2) is 0 Å². The van der Waals surface area contributed by atoms with Crippen molar-refractivity contribution >= 4 is 40.4 Å². The number of ether oxygens (including phenoxy) is 1. The zero-order chi connectivity index (χ0) is 17.2. The van der Waals surface area contributed by atoms with Crippen molar-refractivity contribution in [2.75, 3.05) is 13.2 Å². The molecule has 0 radical (unpaired) electrons. The van der Waals surface area contributed by atoms with Gasteiger partial charge < -0.3 is 10.1 Å². The lowest BCUT2D eigenvalue weighted by atomic mass is 9.73. The number of rotatable bonds is 4. The summed E-state index contributed by atoms with van der Waals surface area (Å²) in [6.45, 7) is 3.68. The zero-order valence-corrected chi connectivity index (χ0v) is 15.7. The van der Waals surface area contributed by atoms with Gasteiger partial charge in [-0.1, -0.05) is 29.3 Å². The molecule has 0 saturated carbocycles. The quantitative estimate of drug-likeness (QED) is 0.828. The van der Waals surface area contributed by atoms with Gasteiger partial charge in [-0.3, -0.25) is 4.79 Å². The Morgan fingerprint density at radius 1 is 1.29 bits per heavy atom. The first-order valence-corrected chi connectivity index (χ1v) is 9.51. The van der Waals surface area contributed by atoms with E-state index < -0.39 is 5.41 Å². The molecule has 0 spiro atoms. The van der Waals surface area contributed by atoms with Crippen LogP contribution in [0.5, 0.6) is 0 Å². The Morgan fingerprint density at radius 3 is 2.67 bits per heavy atom. The maximum atomic E-state index is 13.1. The van der Waals surface area contributed by atoms with Crippen LogP contribution in [-0.4, -0.2) is 19.1 Å². The molecule has 1 aromatic heterocycles. The van der Waals surface area contributed by atoms with Gasteiger partial charge in [-0.2, -0.15) is 0 Å². The second-order valence-electron chi connectivity index (χ2n) is 6.03. The summed E-state index contributed by atoms with van der Waals surface area (Å²) in [5, 5.41) is 6.24. The summed E-state index contributed by atoms with van der Waals surface area (Å²) >= 11 is 14.1. The molecule has 0 aliphatic carbocycles. The average Bonchev–Trinajstić information content (AvgIpc) is 2.98. The first-order chi connectivity index (χ1) is 11.5. The fourth-order valence-electron chi connectivity index (χ4n) is 3.13. The molecule has 1 aromatic carbocycles. The first-order valence-electron chi connectivity index (χ1n) is 7.87. The Bertz CT molecular complexity index is 738. The van der Waals surface area contributed by atoms with E-state index in [1.54, 1.807) is 23.5 Å². The van der Waals surface area contributed by atoms with Gasteiger partial charge >= 0.3 is 0 Å². The lowest BCUT2D eigenvalue weighted by molar-refractivity contribution is -0.130. The normalized spacial score (nSPS) is 16.8. The molecule has 1 N–H and O–H groups in total. The van der Waals surface area contributed by atoms with Gasteiger partial charge in [-0.05, 0) is 54.5 Å². The van der Waals surface area contributed by atoms with Crippen molar-refractivity contribution in [2.45, 2.75) is 31.7 Å². The molecule has 0 atom stereocenters. The third-order valence-electron chi connectivity index (χ3n) is 4.61. The maximum absolute atomic E-state index is 13.1.